The zero-order valence-electron chi connectivity index (χ0n) is 11.7. The van der Waals surface area contributed by atoms with Crippen molar-refractivity contribution >= 4 is 5.91 Å². The Bertz CT molecular complexity index is 267. The molecular formula is C13H26N2O3. The minimum Gasteiger partial charge on any atom is -0.394 e. The van der Waals surface area contributed by atoms with Gasteiger partial charge >= 0.3 is 0 Å². The van der Waals surface area contributed by atoms with Gasteiger partial charge in [-0.2, -0.15) is 0 Å². The van der Waals surface area contributed by atoms with Gasteiger partial charge in [-0.25, -0.2) is 0 Å². The first-order valence-corrected chi connectivity index (χ1v) is 6.80. The molecule has 5 nitrogen and oxygen atoms in total. The van der Waals surface area contributed by atoms with E-state index in [1.165, 1.54) is 0 Å². The largest absolute Gasteiger partial charge is 0.394 e. The van der Waals surface area contributed by atoms with E-state index in [9.17, 15) is 9.90 Å². The number of carbonyl (C=O) groups excluding carboxylic acids is 1. The Hall–Kier alpha value is -0.650. The van der Waals surface area contributed by atoms with E-state index in [-0.39, 0.29) is 24.5 Å². The summed E-state index contributed by atoms with van der Waals surface area (Å²) >= 11 is 0. The Morgan fingerprint density at radius 2 is 2.17 bits per heavy atom. The summed E-state index contributed by atoms with van der Waals surface area (Å²) in [6.07, 6.45) is 1.74. The molecule has 0 aliphatic carbocycles. The second-order valence-corrected chi connectivity index (χ2v) is 5.27. The van der Waals surface area contributed by atoms with Crippen molar-refractivity contribution in [2.45, 2.75) is 45.2 Å². The molecule has 0 bridgehead atoms. The molecule has 1 aliphatic heterocycles. The molecule has 1 rings (SSSR count). The lowest BCUT2D eigenvalue weighted by molar-refractivity contribution is -0.127. The zero-order chi connectivity index (χ0) is 13.6. The Kier molecular flexibility index (Phi) is 6.05. The maximum absolute atomic E-state index is 12.2. The first kappa shape index (κ1) is 15.4. The number of hydrogen-bond acceptors (Lipinski definition) is 4. The van der Waals surface area contributed by atoms with Gasteiger partial charge in [0.25, 0.3) is 0 Å². The third kappa shape index (κ3) is 3.93. The summed E-state index contributed by atoms with van der Waals surface area (Å²) in [5, 5.41) is 15.6. The van der Waals surface area contributed by atoms with Gasteiger partial charge in [-0.3, -0.25) is 4.79 Å². The fourth-order valence-corrected chi connectivity index (χ4v) is 1.97. The van der Waals surface area contributed by atoms with Crippen LogP contribution in [0.15, 0.2) is 0 Å². The number of rotatable bonds is 7. The highest BCUT2D eigenvalue weighted by Crippen LogP contribution is 2.16. The number of ether oxygens (including phenoxy) is 1. The van der Waals surface area contributed by atoms with Crippen LogP contribution >= 0.6 is 0 Å². The molecule has 3 atom stereocenters. The average Bonchev–Trinajstić information content (AvgIpc) is 2.84. The number of carbonyl (C=O) groups is 1. The highest BCUT2D eigenvalue weighted by molar-refractivity contribution is 5.80. The lowest BCUT2D eigenvalue weighted by Crippen LogP contribution is -2.53. The van der Waals surface area contributed by atoms with Crippen molar-refractivity contribution in [2.24, 2.45) is 5.92 Å². The maximum Gasteiger partial charge on any atom is 0.227 e. The molecule has 1 saturated heterocycles. The second-order valence-electron chi connectivity index (χ2n) is 5.27. The van der Waals surface area contributed by atoms with Crippen LogP contribution in [-0.2, 0) is 9.53 Å². The Labute approximate surface area is 109 Å². The van der Waals surface area contributed by atoms with Gasteiger partial charge in [0.1, 0.15) is 0 Å². The van der Waals surface area contributed by atoms with Gasteiger partial charge in [-0.15, -0.1) is 0 Å². The predicted octanol–water partition coefficient (Wildman–Crippen LogP) is 0.278. The summed E-state index contributed by atoms with van der Waals surface area (Å²) in [5.74, 6) is -0.187. The smallest absolute Gasteiger partial charge is 0.227 e. The Morgan fingerprint density at radius 3 is 2.72 bits per heavy atom. The van der Waals surface area contributed by atoms with Crippen molar-refractivity contribution < 1.29 is 14.6 Å². The van der Waals surface area contributed by atoms with Crippen LogP contribution in [0, 0.1) is 5.92 Å². The van der Waals surface area contributed by atoms with Crippen LogP contribution in [0.2, 0.25) is 0 Å². The van der Waals surface area contributed by atoms with Crippen molar-refractivity contribution in [3.05, 3.63) is 0 Å². The van der Waals surface area contributed by atoms with Crippen LogP contribution in [0.25, 0.3) is 0 Å². The van der Waals surface area contributed by atoms with Gasteiger partial charge in [0, 0.05) is 6.04 Å². The number of amides is 1. The molecule has 0 saturated carbocycles. The van der Waals surface area contributed by atoms with Crippen LogP contribution in [0.4, 0.5) is 0 Å². The summed E-state index contributed by atoms with van der Waals surface area (Å²) < 4.78 is 5.38. The van der Waals surface area contributed by atoms with Crippen molar-refractivity contribution in [3.63, 3.8) is 0 Å². The number of nitrogens with one attached hydrogen (secondary N) is 2. The van der Waals surface area contributed by atoms with E-state index in [2.05, 4.69) is 17.6 Å². The topological polar surface area (TPSA) is 70.6 Å². The van der Waals surface area contributed by atoms with E-state index in [4.69, 9.17) is 4.74 Å². The molecule has 5 heteroatoms. The molecule has 0 spiro atoms. The first-order chi connectivity index (χ1) is 8.56. The summed E-state index contributed by atoms with van der Waals surface area (Å²) in [7, 11) is 0. The summed E-state index contributed by atoms with van der Waals surface area (Å²) in [4.78, 5) is 12.2. The molecule has 1 aliphatic rings. The first-order valence-electron chi connectivity index (χ1n) is 6.80. The summed E-state index contributed by atoms with van der Waals surface area (Å²) in [6.45, 7) is 7.79. The van der Waals surface area contributed by atoms with Gasteiger partial charge in [0.05, 0.1) is 31.3 Å². The Morgan fingerprint density at radius 1 is 1.44 bits per heavy atom. The normalized spacial score (nSPS) is 26.9. The molecule has 1 fully saturated rings. The van der Waals surface area contributed by atoms with Crippen molar-refractivity contribution in [2.75, 3.05) is 26.4 Å². The minimum absolute atomic E-state index is 0.0282. The molecular weight excluding hydrogens is 232 g/mol. The summed E-state index contributed by atoms with van der Waals surface area (Å²) in [6, 6.07) is 0.0877. The SMILES string of the molecule is CCCNC1COCC1C(=O)NC(C)(CC)CO. The monoisotopic (exact) mass is 258 g/mol. The van der Waals surface area contributed by atoms with E-state index < -0.39 is 5.54 Å². The fraction of sp³-hybridized carbons (Fsp3) is 0.923. The van der Waals surface area contributed by atoms with Gasteiger partial charge in [-0.05, 0) is 26.3 Å². The van der Waals surface area contributed by atoms with Crippen LogP contribution in [0.3, 0.4) is 0 Å². The molecule has 0 aromatic carbocycles. The third-order valence-electron chi connectivity index (χ3n) is 3.63. The van der Waals surface area contributed by atoms with Gasteiger partial charge in [0.2, 0.25) is 5.91 Å². The molecule has 1 heterocycles. The fourth-order valence-electron chi connectivity index (χ4n) is 1.97. The molecule has 18 heavy (non-hydrogen) atoms. The van der Waals surface area contributed by atoms with E-state index in [0.717, 1.165) is 13.0 Å². The maximum atomic E-state index is 12.2. The van der Waals surface area contributed by atoms with E-state index in [0.29, 0.717) is 19.6 Å². The highest BCUT2D eigenvalue weighted by atomic mass is 16.5. The lowest BCUT2D eigenvalue weighted by Gasteiger charge is -2.29. The molecule has 1 amide bonds. The second kappa shape index (κ2) is 7.07. The lowest BCUT2D eigenvalue weighted by atomic mass is 9.96. The molecule has 3 unspecified atom stereocenters. The van der Waals surface area contributed by atoms with Crippen molar-refractivity contribution in [3.8, 4) is 0 Å². The van der Waals surface area contributed by atoms with E-state index in [1.54, 1.807) is 0 Å². The van der Waals surface area contributed by atoms with E-state index in [1.807, 2.05) is 13.8 Å². The minimum atomic E-state index is -0.533. The van der Waals surface area contributed by atoms with Crippen LogP contribution in [0.5, 0.6) is 0 Å². The molecule has 3 N–H and O–H groups in total. The van der Waals surface area contributed by atoms with Crippen LogP contribution < -0.4 is 10.6 Å². The van der Waals surface area contributed by atoms with Gasteiger partial charge in [0.15, 0.2) is 0 Å². The predicted molar refractivity (Wildman–Crippen MR) is 70.3 cm³/mol. The third-order valence-corrected chi connectivity index (χ3v) is 3.63. The number of hydrogen-bond donors (Lipinski definition) is 3. The highest BCUT2D eigenvalue weighted by Gasteiger charge is 2.36. The standard InChI is InChI=1S/C13H26N2O3/c1-4-6-14-11-8-18-7-10(11)12(17)15-13(3,5-2)9-16/h10-11,14,16H,4-9H2,1-3H3,(H,15,17). The molecule has 0 radical (unpaired) electrons. The zero-order valence-corrected chi connectivity index (χ0v) is 11.7. The molecule has 106 valence electrons. The van der Waals surface area contributed by atoms with Crippen LogP contribution in [-0.4, -0.2) is 49.0 Å². The summed E-state index contributed by atoms with van der Waals surface area (Å²) in [5.41, 5.74) is -0.533. The average molecular weight is 258 g/mol. The van der Waals surface area contributed by atoms with Gasteiger partial charge < -0.3 is 20.5 Å². The Balaban J connectivity index is 2.54. The van der Waals surface area contributed by atoms with Gasteiger partial charge in [-0.1, -0.05) is 13.8 Å². The molecule has 0 aromatic heterocycles. The quantitative estimate of drug-likeness (QED) is 0.613. The number of aliphatic hydroxyl groups excluding tert-OH is 1. The number of aliphatic hydroxyl groups is 1. The van der Waals surface area contributed by atoms with Crippen molar-refractivity contribution in [1.82, 2.24) is 10.6 Å². The van der Waals surface area contributed by atoms with Crippen LogP contribution in [0.1, 0.15) is 33.6 Å². The molecule has 0 aromatic rings. The van der Waals surface area contributed by atoms with Crippen molar-refractivity contribution in [1.29, 1.82) is 0 Å². The van der Waals surface area contributed by atoms with E-state index >= 15 is 0 Å².